The van der Waals surface area contributed by atoms with Crippen LogP contribution in [-0.2, 0) is 11.3 Å². The van der Waals surface area contributed by atoms with Crippen molar-refractivity contribution in [3.8, 4) is 0 Å². The molecule has 2 heterocycles. The summed E-state index contributed by atoms with van der Waals surface area (Å²) in [6, 6.07) is 1.76. The second-order valence-corrected chi connectivity index (χ2v) is 5.37. The highest BCUT2D eigenvalue weighted by atomic mass is 79.9. The Balaban J connectivity index is 2.23. The number of halogens is 2. The third-order valence-corrected chi connectivity index (χ3v) is 3.44. The van der Waals surface area contributed by atoms with E-state index in [0.717, 1.165) is 23.9 Å². The Labute approximate surface area is 105 Å². The van der Waals surface area contributed by atoms with Crippen molar-refractivity contribution >= 4 is 31.9 Å². The maximum atomic E-state index is 11.7. The summed E-state index contributed by atoms with van der Waals surface area (Å²) in [5.41, 5.74) is -0.00583. The summed E-state index contributed by atoms with van der Waals surface area (Å²) in [5.74, 6) is 0. The molecule has 1 fully saturated rings. The number of hydrogen-bond donors (Lipinski definition) is 0. The molecule has 0 aromatic carbocycles. The Bertz CT molecular complexity index is 410. The fourth-order valence-electron chi connectivity index (χ4n) is 1.71. The molecule has 0 aliphatic carbocycles. The maximum Gasteiger partial charge on any atom is 0.264 e. The van der Waals surface area contributed by atoms with Gasteiger partial charge in [0.15, 0.2) is 0 Å². The molecule has 0 saturated carbocycles. The van der Waals surface area contributed by atoms with E-state index in [9.17, 15) is 4.79 Å². The van der Waals surface area contributed by atoms with Gasteiger partial charge >= 0.3 is 0 Å². The quantitative estimate of drug-likeness (QED) is 0.831. The largest absolute Gasteiger partial charge is 0.376 e. The van der Waals surface area contributed by atoms with E-state index >= 15 is 0 Å². The number of ether oxygens (including phenoxy) is 1. The molecule has 15 heavy (non-hydrogen) atoms. The number of hydrogen-bond acceptors (Lipinski definition) is 2. The second kappa shape index (κ2) is 4.80. The van der Waals surface area contributed by atoms with E-state index < -0.39 is 0 Å². The summed E-state index contributed by atoms with van der Waals surface area (Å²) in [6.45, 7) is 1.45. The Morgan fingerprint density at radius 2 is 2.33 bits per heavy atom. The normalized spacial score (nSPS) is 20.8. The fourth-order valence-corrected chi connectivity index (χ4v) is 2.97. The van der Waals surface area contributed by atoms with Crippen LogP contribution in [0.5, 0.6) is 0 Å². The first-order valence-electron chi connectivity index (χ1n) is 4.84. The van der Waals surface area contributed by atoms with Crippen LogP contribution in [0.25, 0.3) is 0 Å². The van der Waals surface area contributed by atoms with Gasteiger partial charge in [0.25, 0.3) is 5.56 Å². The minimum Gasteiger partial charge on any atom is -0.376 e. The molecule has 0 amide bonds. The molecule has 1 saturated heterocycles. The molecule has 2 rings (SSSR count). The third-order valence-electron chi connectivity index (χ3n) is 2.43. The second-order valence-electron chi connectivity index (χ2n) is 3.60. The van der Waals surface area contributed by atoms with Crippen molar-refractivity contribution in [2.24, 2.45) is 0 Å². The van der Waals surface area contributed by atoms with E-state index in [1.807, 2.05) is 0 Å². The topological polar surface area (TPSA) is 31.2 Å². The molecule has 1 aromatic heterocycles. The zero-order valence-electron chi connectivity index (χ0n) is 8.08. The molecule has 1 aromatic rings. The van der Waals surface area contributed by atoms with Crippen LogP contribution in [0.15, 0.2) is 26.0 Å². The van der Waals surface area contributed by atoms with Gasteiger partial charge in [0.2, 0.25) is 0 Å². The lowest BCUT2D eigenvalue weighted by Gasteiger charge is -2.12. The van der Waals surface area contributed by atoms with E-state index in [2.05, 4.69) is 31.9 Å². The molecule has 0 bridgehead atoms. The molecule has 5 heteroatoms. The lowest BCUT2D eigenvalue weighted by atomic mass is 10.2. The molecule has 0 spiro atoms. The van der Waals surface area contributed by atoms with Crippen molar-refractivity contribution in [1.29, 1.82) is 0 Å². The summed E-state index contributed by atoms with van der Waals surface area (Å²) < 4.78 is 8.66. The van der Waals surface area contributed by atoms with E-state index in [1.165, 1.54) is 0 Å². The zero-order chi connectivity index (χ0) is 10.8. The van der Waals surface area contributed by atoms with Crippen molar-refractivity contribution in [2.75, 3.05) is 6.61 Å². The van der Waals surface area contributed by atoms with Gasteiger partial charge in [0.1, 0.15) is 0 Å². The van der Waals surface area contributed by atoms with Gasteiger partial charge in [-0.15, -0.1) is 0 Å². The lowest BCUT2D eigenvalue weighted by molar-refractivity contribution is 0.0960. The first-order valence-corrected chi connectivity index (χ1v) is 6.42. The van der Waals surface area contributed by atoms with Crippen molar-refractivity contribution < 1.29 is 4.74 Å². The van der Waals surface area contributed by atoms with Gasteiger partial charge in [-0.2, -0.15) is 0 Å². The van der Waals surface area contributed by atoms with Crippen LogP contribution < -0.4 is 5.56 Å². The molecule has 0 radical (unpaired) electrons. The van der Waals surface area contributed by atoms with Crippen LogP contribution in [0.3, 0.4) is 0 Å². The van der Waals surface area contributed by atoms with Crippen LogP contribution in [0.1, 0.15) is 12.8 Å². The van der Waals surface area contributed by atoms with Crippen molar-refractivity contribution in [3.05, 3.63) is 31.6 Å². The van der Waals surface area contributed by atoms with Gasteiger partial charge in [0.05, 0.1) is 17.1 Å². The van der Waals surface area contributed by atoms with Gasteiger partial charge in [-0.25, -0.2) is 0 Å². The average molecular weight is 337 g/mol. The Hall–Kier alpha value is -0.130. The smallest absolute Gasteiger partial charge is 0.264 e. The summed E-state index contributed by atoms with van der Waals surface area (Å²) in [5, 5.41) is 0. The van der Waals surface area contributed by atoms with E-state index in [-0.39, 0.29) is 11.7 Å². The number of aromatic nitrogens is 1. The van der Waals surface area contributed by atoms with Crippen LogP contribution >= 0.6 is 31.9 Å². The van der Waals surface area contributed by atoms with Crippen LogP contribution in [0, 0.1) is 0 Å². The predicted molar refractivity (Wildman–Crippen MR) is 65.1 cm³/mol. The molecule has 3 nitrogen and oxygen atoms in total. The Morgan fingerprint density at radius 3 is 3.00 bits per heavy atom. The van der Waals surface area contributed by atoms with Gasteiger partial charge in [0, 0.05) is 17.3 Å². The lowest BCUT2D eigenvalue weighted by Crippen LogP contribution is -2.26. The summed E-state index contributed by atoms with van der Waals surface area (Å²) in [4.78, 5) is 11.7. The highest BCUT2D eigenvalue weighted by molar-refractivity contribution is 9.11. The highest BCUT2D eigenvalue weighted by Gasteiger charge is 2.17. The molecular weight excluding hydrogens is 326 g/mol. The Morgan fingerprint density at radius 1 is 1.53 bits per heavy atom. The fraction of sp³-hybridized carbons (Fsp3) is 0.500. The van der Waals surface area contributed by atoms with Crippen LogP contribution in [-0.4, -0.2) is 17.3 Å². The molecular formula is C10H11Br2NO2. The first-order chi connectivity index (χ1) is 7.16. The zero-order valence-corrected chi connectivity index (χ0v) is 11.3. The van der Waals surface area contributed by atoms with Crippen molar-refractivity contribution in [3.63, 3.8) is 0 Å². The molecule has 1 atom stereocenters. The number of rotatable bonds is 2. The van der Waals surface area contributed by atoms with Gasteiger partial charge in [-0.05, 0) is 50.8 Å². The third kappa shape index (κ3) is 2.71. The monoisotopic (exact) mass is 335 g/mol. The molecule has 1 aliphatic heterocycles. The number of pyridine rings is 1. The van der Waals surface area contributed by atoms with Gasteiger partial charge < -0.3 is 9.30 Å². The summed E-state index contributed by atoms with van der Waals surface area (Å²) in [7, 11) is 0. The molecule has 1 unspecified atom stereocenters. The average Bonchev–Trinajstić information content (AvgIpc) is 2.66. The van der Waals surface area contributed by atoms with Gasteiger partial charge in [-0.1, -0.05) is 0 Å². The van der Waals surface area contributed by atoms with E-state index in [1.54, 1.807) is 16.8 Å². The molecule has 0 N–H and O–H groups in total. The minimum absolute atomic E-state index is 0.00583. The van der Waals surface area contributed by atoms with Gasteiger partial charge in [-0.3, -0.25) is 4.79 Å². The van der Waals surface area contributed by atoms with E-state index in [0.29, 0.717) is 11.0 Å². The highest BCUT2D eigenvalue weighted by Crippen LogP contribution is 2.16. The van der Waals surface area contributed by atoms with Crippen molar-refractivity contribution in [1.82, 2.24) is 4.57 Å². The Kier molecular flexibility index (Phi) is 3.64. The standard InChI is InChI=1S/C10H11Br2NO2/c11-7-4-9(12)10(14)13(5-7)6-8-2-1-3-15-8/h4-5,8H,1-3,6H2. The maximum absolute atomic E-state index is 11.7. The summed E-state index contributed by atoms with van der Waals surface area (Å²) >= 11 is 6.61. The van der Waals surface area contributed by atoms with Crippen LogP contribution in [0.4, 0.5) is 0 Å². The molecule has 1 aliphatic rings. The van der Waals surface area contributed by atoms with E-state index in [4.69, 9.17) is 4.74 Å². The first kappa shape index (κ1) is 11.4. The van der Waals surface area contributed by atoms with Crippen molar-refractivity contribution in [2.45, 2.75) is 25.5 Å². The molecule has 82 valence electrons. The van der Waals surface area contributed by atoms with Crippen LogP contribution in [0.2, 0.25) is 0 Å². The minimum atomic E-state index is -0.00583. The number of nitrogens with zero attached hydrogens (tertiary/aromatic N) is 1. The predicted octanol–water partition coefficient (Wildman–Crippen LogP) is 2.55. The summed E-state index contributed by atoms with van der Waals surface area (Å²) in [6.07, 6.45) is 4.11. The SMILES string of the molecule is O=c1c(Br)cc(Br)cn1CC1CCCO1.